The van der Waals surface area contributed by atoms with Gasteiger partial charge in [0.25, 0.3) is 10.0 Å². The van der Waals surface area contributed by atoms with Gasteiger partial charge >= 0.3 is 6.03 Å². The maximum atomic E-state index is 12.7. The first-order valence-electron chi connectivity index (χ1n) is 8.53. The van der Waals surface area contributed by atoms with Crippen LogP contribution in [0.25, 0.3) is 0 Å². The predicted molar refractivity (Wildman–Crippen MR) is 113 cm³/mol. The molecule has 0 saturated heterocycles. The number of ether oxygens (including phenoxy) is 1. The van der Waals surface area contributed by atoms with Crippen molar-refractivity contribution in [3.05, 3.63) is 57.5 Å². The Morgan fingerprint density at radius 1 is 1.14 bits per heavy atom. The summed E-state index contributed by atoms with van der Waals surface area (Å²) in [5, 5.41) is 3.11. The molecule has 1 atom stereocenters. The molecule has 0 heterocycles. The molecule has 0 fully saturated rings. The van der Waals surface area contributed by atoms with Crippen molar-refractivity contribution in [3.63, 3.8) is 0 Å². The maximum Gasteiger partial charge on any atom is 0.331 e. The number of carbonyl (C=O) groups is 1. The van der Waals surface area contributed by atoms with Gasteiger partial charge in [-0.05, 0) is 63.2 Å². The van der Waals surface area contributed by atoms with E-state index < -0.39 is 22.1 Å². The minimum atomic E-state index is -4.00. The van der Waals surface area contributed by atoms with E-state index in [1.165, 1.54) is 31.3 Å². The topological polar surface area (TPSA) is 75.7 Å². The molecule has 2 aromatic carbocycles. The van der Waals surface area contributed by atoms with Gasteiger partial charge in [0.2, 0.25) is 0 Å². The lowest BCUT2D eigenvalue weighted by molar-refractivity contribution is 0.222. The van der Waals surface area contributed by atoms with Gasteiger partial charge in [0, 0.05) is 22.1 Å². The lowest BCUT2D eigenvalue weighted by Gasteiger charge is -2.23. The van der Waals surface area contributed by atoms with E-state index in [-0.39, 0.29) is 11.0 Å². The largest absolute Gasteiger partial charge is 0.491 e. The second-order valence-electron chi connectivity index (χ2n) is 6.45. The molecule has 0 aromatic heterocycles. The third-order valence-corrected chi connectivity index (χ3v) is 6.40. The number of urea groups is 1. The number of sulfonamides is 1. The first kappa shape index (κ1) is 22.5. The lowest BCUT2D eigenvalue weighted by Crippen LogP contribution is -2.42. The van der Waals surface area contributed by atoms with Gasteiger partial charge in [0.1, 0.15) is 5.75 Å². The smallest absolute Gasteiger partial charge is 0.331 e. The number of hydrogen-bond acceptors (Lipinski definition) is 4. The summed E-state index contributed by atoms with van der Waals surface area (Å²) >= 11 is 9.21. The normalized spacial score (nSPS) is 12.5. The van der Waals surface area contributed by atoms with Crippen molar-refractivity contribution in [2.24, 2.45) is 0 Å². The second-order valence-corrected chi connectivity index (χ2v) is 9.77. The fourth-order valence-electron chi connectivity index (χ4n) is 2.45. The van der Waals surface area contributed by atoms with E-state index in [4.69, 9.17) is 16.3 Å². The Labute approximate surface area is 179 Å². The Morgan fingerprint density at radius 2 is 1.75 bits per heavy atom. The van der Waals surface area contributed by atoms with E-state index in [9.17, 15) is 13.2 Å². The maximum absolute atomic E-state index is 12.7. The third-order valence-electron chi connectivity index (χ3n) is 3.90. The Bertz CT molecular complexity index is 949. The van der Waals surface area contributed by atoms with Crippen molar-refractivity contribution in [3.8, 4) is 5.75 Å². The number of rotatable bonds is 6. The molecular formula is C19H22BrClN2O4S. The molecule has 0 spiro atoms. The molecule has 0 radical (unpaired) electrons. The van der Waals surface area contributed by atoms with Crippen molar-refractivity contribution < 1.29 is 17.9 Å². The quantitative estimate of drug-likeness (QED) is 0.621. The van der Waals surface area contributed by atoms with Crippen LogP contribution >= 0.6 is 27.5 Å². The molecule has 1 unspecified atom stereocenters. The van der Waals surface area contributed by atoms with Crippen LogP contribution in [0.2, 0.25) is 5.02 Å². The summed E-state index contributed by atoms with van der Waals surface area (Å²) in [4.78, 5) is 12.6. The first-order valence-corrected chi connectivity index (χ1v) is 11.1. The van der Waals surface area contributed by atoms with Crippen LogP contribution in [0.3, 0.4) is 0 Å². The number of carbonyl (C=O) groups excluding carboxylic acids is 1. The molecule has 0 aliphatic carbocycles. The third kappa shape index (κ3) is 5.40. The molecule has 9 heteroatoms. The fourth-order valence-corrected chi connectivity index (χ4v) is 4.02. The van der Waals surface area contributed by atoms with E-state index in [2.05, 4.69) is 21.2 Å². The summed E-state index contributed by atoms with van der Waals surface area (Å²) < 4.78 is 32.6. The van der Waals surface area contributed by atoms with Gasteiger partial charge in [-0.3, -0.25) is 0 Å². The van der Waals surface area contributed by atoms with Gasteiger partial charge in [0.05, 0.1) is 17.0 Å². The monoisotopic (exact) mass is 488 g/mol. The molecule has 2 aromatic rings. The van der Waals surface area contributed by atoms with E-state index in [1.54, 1.807) is 13.0 Å². The van der Waals surface area contributed by atoms with Crippen LogP contribution in [-0.2, 0) is 10.0 Å². The highest BCUT2D eigenvalue weighted by atomic mass is 79.9. The van der Waals surface area contributed by atoms with Crippen molar-refractivity contribution in [2.45, 2.75) is 37.8 Å². The number of amides is 2. The molecular weight excluding hydrogens is 468 g/mol. The van der Waals surface area contributed by atoms with Gasteiger partial charge in [-0.1, -0.05) is 27.5 Å². The summed E-state index contributed by atoms with van der Waals surface area (Å²) in [6, 6.07) is 9.86. The molecule has 0 saturated carbocycles. The predicted octanol–water partition coefficient (Wildman–Crippen LogP) is 4.98. The van der Waals surface area contributed by atoms with E-state index in [0.717, 1.165) is 10.0 Å². The van der Waals surface area contributed by atoms with Crippen molar-refractivity contribution in [2.75, 3.05) is 7.05 Å². The van der Waals surface area contributed by atoms with Crippen LogP contribution < -0.4 is 10.1 Å². The number of halogens is 2. The van der Waals surface area contributed by atoms with Gasteiger partial charge in [-0.25, -0.2) is 17.5 Å². The van der Waals surface area contributed by atoms with Gasteiger partial charge in [-0.2, -0.15) is 0 Å². The average Bonchev–Trinajstić information content (AvgIpc) is 2.62. The molecule has 28 heavy (non-hydrogen) atoms. The van der Waals surface area contributed by atoms with Crippen molar-refractivity contribution in [1.82, 2.24) is 9.62 Å². The standard InChI is InChI=1S/C19H22BrClN2O4S/c1-12(2)27-18-10-5-14(20)11-17(18)13(3)22-19(24)23(4)28(25,26)16-8-6-15(21)7-9-16/h5-13H,1-4H3,(H,22,24). The van der Waals surface area contributed by atoms with E-state index in [1.807, 2.05) is 26.0 Å². The Balaban J connectivity index is 2.22. The Kier molecular flexibility index (Phi) is 7.36. The summed E-state index contributed by atoms with van der Waals surface area (Å²) in [6.45, 7) is 5.57. The highest BCUT2D eigenvalue weighted by Crippen LogP contribution is 2.29. The number of nitrogens with zero attached hydrogens (tertiary/aromatic N) is 1. The first-order chi connectivity index (χ1) is 13.0. The summed E-state index contributed by atoms with van der Waals surface area (Å²) in [6.07, 6.45) is -0.0456. The zero-order chi connectivity index (χ0) is 21.1. The molecule has 0 aliphatic heterocycles. The van der Waals surface area contributed by atoms with Crippen LogP contribution in [-0.4, -0.2) is 31.9 Å². The second kappa shape index (κ2) is 9.15. The van der Waals surface area contributed by atoms with Gasteiger partial charge in [-0.15, -0.1) is 0 Å². The minimum Gasteiger partial charge on any atom is -0.491 e. The molecule has 2 amide bonds. The Hall–Kier alpha value is -1.77. The van der Waals surface area contributed by atoms with Crippen LogP contribution in [0.4, 0.5) is 4.79 Å². The minimum absolute atomic E-state index is 0.0199. The highest BCUT2D eigenvalue weighted by Gasteiger charge is 2.27. The van der Waals surface area contributed by atoms with Crippen LogP contribution in [0, 0.1) is 0 Å². The van der Waals surface area contributed by atoms with Crippen LogP contribution in [0.15, 0.2) is 51.8 Å². The lowest BCUT2D eigenvalue weighted by atomic mass is 10.1. The highest BCUT2D eigenvalue weighted by molar-refractivity contribution is 9.10. The molecule has 0 aliphatic rings. The SMILES string of the molecule is CC(C)Oc1ccc(Br)cc1C(C)NC(=O)N(C)S(=O)(=O)c1ccc(Cl)cc1. The summed E-state index contributed by atoms with van der Waals surface area (Å²) in [7, 11) is -2.79. The van der Waals surface area contributed by atoms with Crippen LogP contribution in [0.1, 0.15) is 32.4 Å². The number of hydrogen-bond donors (Lipinski definition) is 1. The fraction of sp³-hybridized carbons (Fsp3) is 0.316. The zero-order valence-corrected chi connectivity index (χ0v) is 19.1. The molecule has 2 rings (SSSR count). The van der Waals surface area contributed by atoms with E-state index in [0.29, 0.717) is 15.1 Å². The Morgan fingerprint density at radius 3 is 2.32 bits per heavy atom. The average molecular weight is 490 g/mol. The number of benzene rings is 2. The summed E-state index contributed by atoms with van der Waals surface area (Å²) in [5.41, 5.74) is 0.730. The molecule has 6 nitrogen and oxygen atoms in total. The van der Waals surface area contributed by atoms with Crippen LogP contribution in [0.5, 0.6) is 5.75 Å². The van der Waals surface area contributed by atoms with Crippen molar-refractivity contribution >= 4 is 43.6 Å². The summed E-state index contributed by atoms with van der Waals surface area (Å²) in [5.74, 6) is 0.620. The van der Waals surface area contributed by atoms with Crippen molar-refractivity contribution in [1.29, 1.82) is 0 Å². The van der Waals surface area contributed by atoms with E-state index >= 15 is 0 Å². The molecule has 0 bridgehead atoms. The van der Waals surface area contributed by atoms with Gasteiger partial charge < -0.3 is 10.1 Å². The zero-order valence-electron chi connectivity index (χ0n) is 15.9. The van der Waals surface area contributed by atoms with Gasteiger partial charge in [0.15, 0.2) is 0 Å². The molecule has 1 N–H and O–H groups in total. The number of nitrogens with one attached hydrogen (secondary N) is 1. The molecule has 152 valence electrons.